The summed E-state index contributed by atoms with van der Waals surface area (Å²) in [4.78, 5) is 2.69. The maximum Gasteiger partial charge on any atom is 0.337 e. The molecule has 0 amide bonds. The highest BCUT2D eigenvalue weighted by Gasteiger charge is 2.48. The summed E-state index contributed by atoms with van der Waals surface area (Å²) in [6.07, 6.45) is 18.9. The first-order valence-electron chi connectivity index (χ1n) is 29.3. The Hall–Kier alpha value is -7.04. The highest BCUT2D eigenvalue weighted by molar-refractivity contribution is 6.92. The Morgan fingerprint density at radius 3 is 1.89 bits per heavy atom. The number of furan rings is 1. The number of nitrogens with zero attached hydrogens (tertiary/aromatic N) is 2. The third-order valence-electron chi connectivity index (χ3n) is 20.9. The monoisotopic (exact) mass is 985 g/mol. The van der Waals surface area contributed by atoms with Crippen LogP contribution in [0.2, 0.25) is 0 Å². The van der Waals surface area contributed by atoms with E-state index in [1.165, 1.54) is 200 Å². The zero-order valence-corrected chi connectivity index (χ0v) is 44.4. The van der Waals surface area contributed by atoms with Gasteiger partial charge in [-0.15, -0.1) is 0 Å². The van der Waals surface area contributed by atoms with Crippen LogP contribution in [-0.2, 0) is 16.2 Å². The highest BCUT2D eigenvalue weighted by atomic mass is 16.3. The van der Waals surface area contributed by atoms with Crippen molar-refractivity contribution in [1.82, 2.24) is 4.48 Å². The third kappa shape index (κ3) is 6.13. The Morgan fingerprint density at radius 1 is 0.500 bits per heavy atom. The van der Waals surface area contributed by atoms with Gasteiger partial charge in [0.1, 0.15) is 11.2 Å². The molecule has 4 bridgehead atoms. The van der Waals surface area contributed by atoms with E-state index in [2.05, 4.69) is 188 Å². The van der Waals surface area contributed by atoms with Gasteiger partial charge >= 0.3 is 6.85 Å². The molecule has 0 N–H and O–H groups in total. The lowest BCUT2D eigenvalue weighted by Gasteiger charge is -2.46. The quantitative estimate of drug-likeness (QED) is 0.164. The van der Waals surface area contributed by atoms with E-state index in [1.54, 1.807) is 11.1 Å². The van der Waals surface area contributed by atoms with Crippen molar-refractivity contribution in [2.45, 2.75) is 127 Å². The number of rotatable bonds is 4. The van der Waals surface area contributed by atoms with Crippen LogP contribution in [-0.4, -0.2) is 11.3 Å². The van der Waals surface area contributed by atoms with Gasteiger partial charge in [0.2, 0.25) is 0 Å². The van der Waals surface area contributed by atoms with Crippen molar-refractivity contribution in [3.63, 3.8) is 0 Å². The molecule has 2 aromatic heterocycles. The number of hydrogen-bond acceptors (Lipinski definition) is 2. The fourth-order valence-electron chi connectivity index (χ4n) is 17.4. The molecule has 6 aliphatic rings. The van der Waals surface area contributed by atoms with Gasteiger partial charge in [0.05, 0.1) is 11.4 Å². The number of hydrogen-bond donors (Lipinski definition) is 0. The molecule has 0 spiro atoms. The molecular weight excluding hydrogens is 920 g/mol. The summed E-state index contributed by atoms with van der Waals surface area (Å²) in [5, 5.41) is 10.3. The molecule has 9 aromatic carbocycles. The zero-order chi connectivity index (χ0) is 50.2. The lowest BCUT2D eigenvalue weighted by atomic mass is 9.44. The van der Waals surface area contributed by atoms with E-state index in [9.17, 15) is 0 Å². The third-order valence-corrected chi connectivity index (χ3v) is 20.9. The average Bonchev–Trinajstić information content (AvgIpc) is 4.17. The van der Waals surface area contributed by atoms with Crippen molar-refractivity contribution in [3.05, 3.63) is 174 Å². The summed E-state index contributed by atoms with van der Waals surface area (Å²) in [5.74, 6) is 1.70. The maximum absolute atomic E-state index is 7.54. The van der Waals surface area contributed by atoms with Crippen LogP contribution in [0.15, 0.2) is 162 Å². The Balaban J connectivity index is 1.04. The molecule has 2 aliphatic heterocycles. The predicted octanol–water partition coefficient (Wildman–Crippen LogP) is 18.6. The molecular formula is C72H65BN2O. The molecule has 0 saturated heterocycles. The Labute approximate surface area is 447 Å². The number of fused-ring (bicyclic) bond motifs is 18. The highest BCUT2D eigenvalue weighted by Crippen LogP contribution is 2.57. The van der Waals surface area contributed by atoms with Crippen LogP contribution in [0.3, 0.4) is 0 Å². The van der Waals surface area contributed by atoms with E-state index in [0.717, 1.165) is 23.0 Å². The molecule has 4 aliphatic carbocycles. The lowest BCUT2D eigenvalue weighted by molar-refractivity contribution is 0.149. The zero-order valence-electron chi connectivity index (χ0n) is 44.4. The first-order valence-corrected chi connectivity index (χ1v) is 29.3. The largest absolute Gasteiger partial charge is 0.456 e. The topological polar surface area (TPSA) is 21.3 Å². The van der Waals surface area contributed by atoms with Crippen molar-refractivity contribution >= 4 is 100 Å². The van der Waals surface area contributed by atoms with E-state index in [4.69, 9.17) is 4.42 Å². The molecule has 4 saturated carbocycles. The molecule has 11 aromatic rings. The van der Waals surface area contributed by atoms with Gasteiger partial charge in [-0.2, -0.15) is 0 Å². The van der Waals surface area contributed by atoms with Crippen LogP contribution in [0.1, 0.15) is 127 Å². The minimum absolute atomic E-state index is 0.0385. The van der Waals surface area contributed by atoms with E-state index in [0.29, 0.717) is 0 Å². The second-order valence-electron chi connectivity index (χ2n) is 26.0. The van der Waals surface area contributed by atoms with Crippen molar-refractivity contribution in [3.8, 4) is 22.3 Å². The lowest BCUT2D eigenvalue weighted by Crippen LogP contribution is -2.57. The maximum atomic E-state index is 7.54. The Bertz CT molecular complexity index is 4260. The van der Waals surface area contributed by atoms with Gasteiger partial charge in [-0.25, -0.2) is 0 Å². The van der Waals surface area contributed by atoms with E-state index >= 15 is 0 Å². The summed E-state index contributed by atoms with van der Waals surface area (Å²) < 4.78 is 10.4. The van der Waals surface area contributed by atoms with E-state index in [1.807, 2.05) is 0 Å². The second-order valence-corrected chi connectivity index (χ2v) is 26.0. The normalized spacial score (nSPS) is 22.8. The molecule has 3 nitrogen and oxygen atoms in total. The van der Waals surface area contributed by atoms with Gasteiger partial charge in [-0.3, -0.25) is 0 Å². The summed E-state index contributed by atoms with van der Waals surface area (Å²) >= 11 is 0. The van der Waals surface area contributed by atoms with Crippen molar-refractivity contribution in [2.75, 3.05) is 4.90 Å². The first-order chi connectivity index (χ1) is 37.2. The van der Waals surface area contributed by atoms with Crippen molar-refractivity contribution in [2.24, 2.45) is 11.8 Å². The molecule has 76 heavy (non-hydrogen) atoms. The van der Waals surface area contributed by atoms with Crippen LogP contribution >= 0.6 is 0 Å². The van der Waals surface area contributed by atoms with Crippen LogP contribution in [0.5, 0.6) is 0 Å². The fraction of sp³-hybridized carbons (Fsp3) is 0.306. The van der Waals surface area contributed by atoms with Gasteiger partial charge < -0.3 is 13.8 Å². The van der Waals surface area contributed by atoms with E-state index in [-0.39, 0.29) is 23.1 Å². The minimum atomic E-state index is -0.156. The van der Waals surface area contributed by atoms with Gasteiger partial charge in [-0.1, -0.05) is 163 Å². The predicted molar refractivity (Wildman–Crippen MR) is 321 cm³/mol. The summed E-state index contributed by atoms with van der Waals surface area (Å²) in [6.45, 7) is 6.88. The number of aromatic nitrogens is 1. The Kier molecular flexibility index (Phi) is 9.16. The average molecular weight is 985 g/mol. The van der Waals surface area contributed by atoms with Crippen LogP contribution < -0.4 is 15.8 Å². The SMILES string of the molecule is CC(C)(C)c1ccc(N2c3ccc4c(oc5cc6ccccc6cc54)c3B3c4c(cc5ccccc5c42)-c2cc(C45CCCC(CCC4)C5)cc4c5cc(C67CCCC(CCC6)C7)ccc5n3c24)c(-c2ccccc2)c1. The molecule has 17 rings (SSSR count). The summed E-state index contributed by atoms with van der Waals surface area (Å²) in [7, 11) is 0. The summed E-state index contributed by atoms with van der Waals surface area (Å²) in [5.41, 5.74) is 21.2. The first kappa shape index (κ1) is 44.1. The molecule has 372 valence electrons. The van der Waals surface area contributed by atoms with Gasteiger partial charge in [0.15, 0.2) is 0 Å². The van der Waals surface area contributed by atoms with Crippen LogP contribution in [0.25, 0.3) is 87.5 Å². The standard InChI is InChI=1S/C72H65BN2O/c1-70(2,3)50-25-28-61(55(38-50)46-19-5-4-6-20-46)74-63-30-27-54-57-35-47-21-7-8-22-48(47)37-64(57)76-69(54)66(63)73-65-58(36-49-23-9-10-24-53(49)68(65)74)60-41-52(72-33-13-17-45(43-72)18-14-34-72)40-59-56-39-51(26-29-62(56)75(73)67(59)60)71-31-11-15-44(42-71)16-12-32-71/h4-10,19-30,35-41,44-45H,11-18,31-34,42-43H2,1-3H3. The molecule has 0 atom stereocenters. The van der Waals surface area contributed by atoms with Crippen molar-refractivity contribution < 1.29 is 4.42 Å². The fourth-order valence-corrected chi connectivity index (χ4v) is 17.4. The van der Waals surface area contributed by atoms with Crippen LogP contribution in [0, 0.1) is 11.8 Å². The smallest absolute Gasteiger partial charge is 0.337 e. The van der Waals surface area contributed by atoms with Crippen molar-refractivity contribution in [1.29, 1.82) is 0 Å². The number of benzene rings is 9. The molecule has 4 heterocycles. The Morgan fingerprint density at radius 2 is 1.16 bits per heavy atom. The van der Waals surface area contributed by atoms with Gasteiger partial charge in [-0.05, 0) is 183 Å². The second kappa shape index (κ2) is 15.8. The van der Waals surface area contributed by atoms with Crippen LogP contribution in [0.4, 0.5) is 17.1 Å². The number of anilines is 3. The minimum Gasteiger partial charge on any atom is -0.456 e. The van der Waals surface area contributed by atoms with Gasteiger partial charge in [0, 0.05) is 60.2 Å². The molecule has 0 unspecified atom stereocenters. The molecule has 4 fully saturated rings. The molecule has 4 heteroatoms. The van der Waals surface area contributed by atoms with Gasteiger partial charge in [0.25, 0.3) is 0 Å². The summed E-state index contributed by atoms with van der Waals surface area (Å²) in [6, 6.07) is 62.2. The molecule has 0 radical (unpaired) electrons. The van der Waals surface area contributed by atoms with E-state index < -0.39 is 0 Å².